The number of rotatable bonds is 10. The summed E-state index contributed by atoms with van der Waals surface area (Å²) in [4.78, 5) is 84.6. The molecule has 17 heteroatoms. The van der Waals surface area contributed by atoms with Gasteiger partial charge < -0.3 is 53.7 Å². The molecule has 1 saturated carbocycles. The Morgan fingerprint density at radius 3 is 2.22 bits per heavy atom. The van der Waals surface area contributed by atoms with Gasteiger partial charge in [0.2, 0.25) is 5.79 Å². The second-order valence-electron chi connectivity index (χ2n) is 21.9. The molecule has 0 aromatic carbocycles. The summed E-state index contributed by atoms with van der Waals surface area (Å²) in [5.41, 5.74) is -0.243. The van der Waals surface area contributed by atoms with E-state index in [1.165, 1.54) is 26.0 Å². The van der Waals surface area contributed by atoms with Gasteiger partial charge in [-0.3, -0.25) is 28.8 Å². The number of nitrogens with zero attached hydrogens (tertiary/aromatic N) is 1. The number of aliphatic hydroxyl groups is 4. The number of carbonyl (C=O) groups is 6. The summed E-state index contributed by atoms with van der Waals surface area (Å²) in [5.74, 6) is -9.61. The first kappa shape index (κ1) is 61.6. The first-order chi connectivity index (χ1) is 34.5. The number of fused-ring (bicyclic) bond motifs is 4. The van der Waals surface area contributed by atoms with Gasteiger partial charge in [0.05, 0.1) is 37.4 Å². The number of aliphatic hydroxyl groups excluding tert-OH is 3. The molecule has 2 saturated heterocycles. The molecule has 1 aliphatic carbocycles. The number of esters is 2. The lowest BCUT2D eigenvalue weighted by Crippen LogP contribution is -2.59. The topological polar surface area (TPSA) is 242 Å². The number of ether oxygens (including phenoxy) is 6. The Bertz CT molecular complexity index is 2010. The molecule has 4 bridgehead atoms. The van der Waals surface area contributed by atoms with Crippen LogP contribution in [-0.2, 0) is 57.2 Å². The number of hydrogen-bond acceptors (Lipinski definition) is 16. The Kier molecular flexibility index (Phi) is 23.9. The average molecular weight is 1030 g/mol. The van der Waals surface area contributed by atoms with Crippen molar-refractivity contribution in [2.24, 2.45) is 46.8 Å². The van der Waals surface area contributed by atoms with Gasteiger partial charge in [-0.1, -0.05) is 71.1 Å². The van der Waals surface area contributed by atoms with Gasteiger partial charge in [-0.2, -0.15) is 0 Å². The third kappa shape index (κ3) is 16.3. The van der Waals surface area contributed by atoms with Crippen LogP contribution in [0.2, 0.25) is 0 Å². The van der Waals surface area contributed by atoms with Gasteiger partial charge >= 0.3 is 11.9 Å². The summed E-state index contributed by atoms with van der Waals surface area (Å²) in [6.07, 6.45) is 9.70. The Balaban J connectivity index is 1.65. The Hall–Kier alpha value is -3.94. The summed E-state index contributed by atoms with van der Waals surface area (Å²) >= 11 is 0. The normalized spacial score (nSPS) is 37.4. The van der Waals surface area contributed by atoms with Crippen molar-refractivity contribution in [1.82, 2.24) is 4.90 Å². The molecule has 0 aromatic heterocycles. The average Bonchev–Trinajstić information content (AvgIpc) is 3.37. The molecule has 1 unspecified atom stereocenters. The molecule has 17 nitrogen and oxygen atoms in total. The SMILES string of the molecule is CO[C@H]1C[C@@H]2CC[C@@H](C)[C@@](O)(O2)C(=O)C(=O)N2CCCC(C2)C(=O)O[C@H]([C@H](C)C[C@@H]2CC[C@@H](OC(=O)C(C)(CO)CO)[C@H](OC)C2)CC(=O)[C@H](C)/C=C(\C)[C@@H](O)[C@@H](OC)C(=O)[C@H](C)C[C@H](C)/C=C/C=C/C=C/1C. The van der Waals surface area contributed by atoms with Gasteiger partial charge in [0.1, 0.15) is 35.6 Å². The number of methoxy groups -OCH3 is 3. The predicted molar refractivity (Wildman–Crippen MR) is 271 cm³/mol. The summed E-state index contributed by atoms with van der Waals surface area (Å²) in [7, 11) is 4.45. The number of piperidine rings is 1. The van der Waals surface area contributed by atoms with E-state index in [-0.39, 0.29) is 42.9 Å². The number of hydrogen-bond donors (Lipinski definition) is 4. The fourth-order valence-corrected chi connectivity index (χ4v) is 10.7. The van der Waals surface area contributed by atoms with Crippen LogP contribution in [0.5, 0.6) is 0 Å². The summed E-state index contributed by atoms with van der Waals surface area (Å²) in [5, 5.41) is 42.9. The molecule has 3 heterocycles. The van der Waals surface area contributed by atoms with Crippen molar-refractivity contribution in [3.05, 3.63) is 47.6 Å². The van der Waals surface area contributed by atoms with Crippen molar-refractivity contribution >= 4 is 35.2 Å². The van der Waals surface area contributed by atoms with E-state index >= 15 is 0 Å². The number of amides is 1. The minimum atomic E-state index is -2.40. The standard InChI is InChI=1S/C56H87NO16/c1-33-16-13-12-14-17-34(2)45(68-9)28-42-21-19-39(7)56(67,73-42)51(63)52(64)57-23-15-18-41(30-57)53(65)71-46(29-43(60)35(3)25-38(6)49(62)50(70-11)48(61)37(5)24-33)36(4)26-40-20-22-44(47(27-40)69-10)72-54(66)55(8,31-58)32-59/h12-14,16-17,25,33,35-37,39-42,44-47,49-50,58-59,62,67H,15,18-24,26-32H2,1-11H3/b14-12+,16-13+,34-17+,38-25+/t33-,35-,36-,37-,39-,40+,41?,42+,44-,45+,46+,47-,49-,50+,56-/m1/s1. The van der Waals surface area contributed by atoms with Crippen LogP contribution in [0.1, 0.15) is 126 Å². The lowest BCUT2D eigenvalue weighted by atomic mass is 9.78. The van der Waals surface area contributed by atoms with Crippen LogP contribution < -0.4 is 0 Å². The van der Waals surface area contributed by atoms with Crippen LogP contribution in [0.3, 0.4) is 0 Å². The number of allylic oxidation sites excluding steroid dienone is 6. The molecule has 4 rings (SSSR count). The quantitative estimate of drug-likeness (QED) is 0.119. The van der Waals surface area contributed by atoms with Crippen LogP contribution >= 0.6 is 0 Å². The summed E-state index contributed by atoms with van der Waals surface area (Å²) in [6, 6.07) is 0. The van der Waals surface area contributed by atoms with Crippen molar-refractivity contribution in [1.29, 1.82) is 0 Å². The van der Waals surface area contributed by atoms with Crippen LogP contribution in [0.25, 0.3) is 0 Å². The molecule has 3 aliphatic heterocycles. The molecule has 0 radical (unpaired) electrons. The number of cyclic esters (lactones) is 1. The number of ketones is 3. The zero-order valence-electron chi connectivity index (χ0n) is 45.3. The van der Waals surface area contributed by atoms with Crippen LogP contribution in [-0.4, -0.2) is 157 Å². The summed E-state index contributed by atoms with van der Waals surface area (Å²) in [6.45, 7) is 12.8. The Morgan fingerprint density at radius 1 is 0.877 bits per heavy atom. The van der Waals surface area contributed by atoms with Crippen molar-refractivity contribution in [3.8, 4) is 0 Å². The fourth-order valence-electron chi connectivity index (χ4n) is 10.7. The molecule has 4 N–H and O–H groups in total. The smallest absolute Gasteiger partial charge is 0.316 e. The zero-order valence-corrected chi connectivity index (χ0v) is 45.3. The van der Waals surface area contributed by atoms with Gasteiger partial charge in [-0.15, -0.1) is 0 Å². The van der Waals surface area contributed by atoms with E-state index in [0.717, 1.165) is 5.57 Å². The highest BCUT2D eigenvalue weighted by Crippen LogP contribution is 2.38. The summed E-state index contributed by atoms with van der Waals surface area (Å²) < 4.78 is 35.4. The van der Waals surface area contributed by atoms with E-state index in [9.17, 15) is 49.2 Å². The molecular formula is C56H87NO16. The van der Waals surface area contributed by atoms with E-state index in [4.69, 9.17) is 28.4 Å². The van der Waals surface area contributed by atoms with Crippen LogP contribution in [0, 0.1) is 46.8 Å². The monoisotopic (exact) mass is 1030 g/mol. The van der Waals surface area contributed by atoms with E-state index in [0.29, 0.717) is 69.8 Å². The van der Waals surface area contributed by atoms with Gasteiger partial charge in [-0.05, 0) is 107 Å². The first-order valence-corrected chi connectivity index (χ1v) is 26.4. The van der Waals surface area contributed by atoms with E-state index < -0.39 is 120 Å². The van der Waals surface area contributed by atoms with E-state index in [1.54, 1.807) is 40.9 Å². The Labute approximate surface area is 433 Å². The lowest BCUT2D eigenvalue weighted by Gasteiger charge is -2.42. The number of Topliss-reactive ketones (excluding diaryl/α,β-unsaturated/α-hetero) is 3. The third-order valence-electron chi connectivity index (χ3n) is 15.9. The van der Waals surface area contributed by atoms with Gasteiger partial charge in [0, 0.05) is 65.0 Å². The molecule has 1 amide bonds. The highest BCUT2D eigenvalue weighted by atomic mass is 16.6. The largest absolute Gasteiger partial charge is 0.461 e. The highest BCUT2D eigenvalue weighted by molar-refractivity contribution is 6.38. The molecule has 4 aliphatic rings. The van der Waals surface area contributed by atoms with Crippen molar-refractivity contribution in [2.75, 3.05) is 47.6 Å². The minimum absolute atomic E-state index is 0.00704. The third-order valence-corrected chi connectivity index (χ3v) is 15.9. The lowest BCUT2D eigenvalue weighted by molar-refractivity contribution is -0.265. The second kappa shape index (κ2) is 28.3. The molecule has 412 valence electrons. The highest BCUT2D eigenvalue weighted by Gasteiger charge is 2.52. The Morgan fingerprint density at radius 2 is 1.58 bits per heavy atom. The second-order valence-corrected chi connectivity index (χ2v) is 21.9. The van der Waals surface area contributed by atoms with Gasteiger partial charge in [0.25, 0.3) is 11.7 Å². The molecule has 0 spiro atoms. The maximum absolute atomic E-state index is 14.3. The van der Waals surface area contributed by atoms with Crippen LogP contribution in [0.15, 0.2) is 47.6 Å². The maximum atomic E-state index is 14.3. The predicted octanol–water partition coefficient (Wildman–Crippen LogP) is 5.58. The molecule has 73 heavy (non-hydrogen) atoms. The van der Waals surface area contributed by atoms with Gasteiger partial charge in [-0.25, -0.2) is 0 Å². The molecule has 3 fully saturated rings. The van der Waals surface area contributed by atoms with Gasteiger partial charge in [0.15, 0.2) is 5.78 Å². The zero-order chi connectivity index (χ0) is 54.4. The van der Waals surface area contributed by atoms with Crippen molar-refractivity contribution < 1.29 is 77.6 Å². The van der Waals surface area contributed by atoms with E-state index in [1.807, 2.05) is 51.2 Å². The van der Waals surface area contributed by atoms with Crippen molar-refractivity contribution in [2.45, 2.75) is 175 Å². The molecule has 15 atom stereocenters. The minimum Gasteiger partial charge on any atom is -0.461 e. The van der Waals surface area contributed by atoms with Crippen molar-refractivity contribution in [3.63, 3.8) is 0 Å². The van der Waals surface area contributed by atoms with Crippen LogP contribution in [0.4, 0.5) is 0 Å². The maximum Gasteiger partial charge on any atom is 0.316 e. The first-order valence-electron chi connectivity index (χ1n) is 26.4. The fraction of sp³-hybridized carbons (Fsp3) is 0.750. The van der Waals surface area contributed by atoms with E-state index in [2.05, 4.69) is 0 Å². The molecular weight excluding hydrogens is 943 g/mol. The number of carbonyl (C=O) groups excluding carboxylic acids is 6. The molecule has 0 aromatic rings.